The average Bonchev–Trinajstić information content (AvgIpc) is 2.05. The van der Waals surface area contributed by atoms with Crippen LogP contribution in [0.15, 0.2) is 24.3 Å². The van der Waals surface area contributed by atoms with Gasteiger partial charge in [-0.15, -0.1) is 0 Å². The third-order valence-corrected chi connectivity index (χ3v) is 2.08. The van der Waals surface area contributed by atoms with E-state index in [-0.39, 0.29) is 0 Å². The fraction of sp³-hybridized carbons (Fsp3) is 0.250. The molecule has 1 rings (SSSR count). The van der Waals surface area contributed by atoms with Crippen molar-refractivity contribution in [3.05, 3.63) is 29.8 Å². The SMILES string of the molecule is COc1cccc(C[As])c1. The molecule has 2 radical (unpaired) electrons. The summed E-state index contributed by atoms with van der Waals surface area (Å²) in [5, 5.41) is 1.00. The zero-order valence-corrected chi connectivity index (χ0v) is 7.75. The topological polar surface area (TPSA) is 9.23 Å². The molecule has 1 nitrogen and oxygen atoms in total. The number of methoxy groups -OCH3 is 1. The molecule has 0 aliphatic rings. The van der Waals surface area contributed by atoms with E-state index in [0.717, 1.165) is 11.0 Å². The average molecular weight is 196 g/mol. The molecule has 2 heteroatoms. The number of rotatable bonds is 2. The quantitative estimate of drug-likeness (QED) is 0.649. The molecule has 0 N–H and O–H groups in total. The van der Waals surface area contributed by atoms with Gasteiger partial charge < -0.3 is 0 Å². The van der Waals surface area contributed by atoms with E-state index in [2.05, 4.69) is 22.9 Å². The van der Waals surface area contributed by atoms with Crippen LogP contribution in [0.2, 0.25) is 0 Å². The van der Waals surface area contributed by atoms with Crippen molar-refractivity contribution in [2.24, 2.45) is 0 Å². The van der Waals surface area contributed by atoms with Gasteiger partial charge in [-0.3, -0.25) is 0 Å². The van der Waals surface area contributed by atoms with Crippen molar-refractivity contribution < 1.29 is 4.74 Å². The molecule has 0 fully saturated rings. The molecule has 10 heavy (non-hydrogen) atoms. The predicted octanol–water partition coefficient (Wildman–Crippen LogP) is 1.36. The van der Waals surface area contributed by atoms with Gasteiger partial charge in [0.15, 0.2) is 0 Å². The summed E-state index contributed by atoms with van der Waals surface area (Å²) >= 11 is 2.54. The van der Waals surface area contributed by atoms with Gasteiger partial charge in [0.1, 0.15) is 0 Å². The Bertz CT molecular complexity index is 191. The third kappa shape index (κ3) is 1.78. The molecule has 52 valence electrons. The van der Waals surface area contributed by atoms with Gasteiger partial charge in [-0.25, -0.2) is 0 Å². The van der Waals surface area contributed by atoms with Gasteiger partial charge in [0.2, 0.25) is 0 Å². The van der Waals surface area contributed by atoms with Crippen LogP contribution < -0.4 is 4.74 Å². The Hall–Kier alpha value is -0.422. The van der Waals surface area contributed by atoms with Crippen molar-refractivity contribution in [2.45, 2.75) is 5.21 Å². The van der Waals surface area contributed by atoms with Crippen LogP contribution in [-0.4, -0.2) is 24.0 Å². The first-order chi connectivity index (χ1) is 4.86. The molecule has 0 bridgehead atoms. The van der Waals surface area contributed by atoms with Crippen LogP contribution in [0.3, 0.4) is 0 Å². The van der Waals surface area contributed by atoms with E-state index in [9.17, 15) is 0 Å². The molecule has 1 aromatic carbocycles. The van der Waals surface area contributed by atoms with E-state index >= 15 is 0 Å². The molecule has 0 heterocycles. The van der Waals surface area contributed by atoms with Crippen LogP contribution in [-0.2, 0) is 5.21 Å². The van der Waals surface area contributed by atoms with Crippen LogP contribution in [0.1, 0.15) is 5.56 Å². The Labute approximate surface area is 69.9 Å². The van der Waals surface area contributed by atoms with Crippen molar-refractivity contribution in [2.75, 3.05) is 7.11 Å². The predicted molar refractivity (Wildman–Crippen MR) is 42.5 cm³/mol. The van der Waals surface area contributed by atoms with Gasteiger partial charge >= 0.3 is 69.5 Å². The molecule has 0 aromatic heterocycles. The monoisotopic (exact) mass is 196 g/mol. The fourth-order valence-electron chi connectivity index (χ4n) is 0.771. The van der Waals surface area contributed by atoms with Gasteiger partial charge in [-0.05, 0) is 0 Å². The van der Waals surface area contributed by atoms with E-state index in [0.29, 0.717) is 0 Å². The van der Waals surface area contributed by atoms with Gasteiger partial charge in [0, 0.05) is 0 Å². The van der Waals surface area contributed by atoms with E-state index in [1.54, 1.807) is 7.11 Å². The molecule has 0 saturated heterocycles. The summed E-state index contributed by atoms with van der Waals surface area (Å²) in [4.78, 5) is 0. The molecule has 0 amide bonds. The van der Waals surface area contributed by atoms with Crippen molar-refractivity contribution in [3.63, 3.8) is 0 Å². The molecule has 0 aliphatic heterocycles. The van der Waals surface area contributed by atoms with E-state index in [1.807, 2.05) is 18.2 Å². The number of hydrogen-bond donors (Lipinski definition) is 0. The van der Waals surface area contributed by atoms with Gasteiger partial charge in [0.05, 0.1) is 0 Å². The molecule has 1 aromatic rings. The van der Waals surface area contributed by atoms with Crippen LogP contribution in [0.5, 0.6) is 5.75 Å². The van der Waals surface area contributed by atoms with Crippen molar-refractivity contribution >= 4 is 16.9 Å². The summed E-state index contributed by atoms with van der Waals surface area (Å²) in [5.41, 5.74) is 1.29. The van der Waals surface area contributed by atoms with Crippen LogP contribution in [0.25, 0.3) is 0 Å². The zero-order chi connectivity index (χ0) is 7.40. The normalized spacial score (nSPS) is 9.40. The standard InChI is InChI=1S/C8H9AsO/c1-10-8-4-2-3-7(5-8)6-9/h2-5H,6H2,1H3. The van der Waals surface area contributed by atoms with Crippen molar-refractivity contribution in [3.8, 4) is 5.75 Å². The van der Waals surface area contributed by atoms with Gasteiger partial charge in [-0.1, -0.05) is 0 Å². The Kier molecular flexibility index (Phi) is 2.82. The van der Waals surface area contributed by atoms with E-state index < -0.39 is 0 Å². The summed E-state index contributed by atoms with van der Waals surface area (Å²) in [6.45, 7) is 0. The molecule has 0 saturated carbocycles. The molecule has 0 atom stereocenters. The molecular formula is C8H9AsO. The molecular weight excluding hydrogens is 187 g/mol. The first-order valence-electron chi connectivity index (χ1n) is 3.10. The van der Waals surface area contributed by atoms with Crippen LogP contribution in [0, 0.1) is 0 Å². The minimum atomic E-state index is 0.934. The maximum absolute atomic E-state index is 5.05. The Morgan fingerprint density at radius 3 is 2.90 bits per heavy atom. The van der Waals surface area contributed by atoms with Crippen molar-refractivity contribution in [1.82, 2.24) is 0 Å². The summed E-state index contributed by atoms with van der Waals surface area (Å²) in [5.74, 6) is 0.934. The maximum atomic E-state index is 5.05. The molecule has 0 unspecified atom stereocenters. The summed E-state index contributed by atoms with van der Waals surface area (Å²) < 4.78 is 5.05. The third-order valence-electron chi connectivity index (χ3n) is 1.32. The van der Waals surface area contributed by atoms with Crippen molar-refractivity contribution in [1.29, 1.82) is 0 Å². The summed E-state index contributed by atoms with van der Waals surface area (Å²) in [6.07, 6.45) is 0. The fourth-order valence-corrected chi connectivity index (χ4v) is 1.18. The van der Waals surface area contributed by atoms with Crippen LogP contribution in [0.4, 0.5) is 0 Å². The number of hydrogen-bond acceptors (Lipinski definition) is 1. The number of ether oxygens (including phenoxy) is 1. The van der Waals surface area contributed by atoms with Crippen LogP contribution >= 0.6 is 0 Å². The summed E-state index contributed by atoms with van der Waals surface area (Å²) in [6, 6.07) is 8.08. The molecule has 0 aliphatic carbocycles. The second-order valence-electron chi connectivity index (χ2n) is 2.01. The minimum absolute atomic E-state index is 0.934. The Morgan fingerprint density at radius 1 is 1.50 bits per heavy atom. The molecule has 0 spiro atoms. The summed E-state index contributed by atoms with van der Waals surface area (Å²) in [7, 11) is 1.68. The second-order valence-corrected chi connectivity index (χ2v) is 2.67. The first kappa shape index (κ1) is 7.68. The Morgan fingerprint density at radius 2 is 2.30 bits per heavy atom. The zero-order valence-electron chi connectivity index (χ0n) is 5.87. The first-order valence-corrected chi connectivity index (χ1v) is 4.43. The Balaban J connectivity index is 2.87. The van der Waals surface area contributed by atoms with E-state index in [1.165, 1.54) is 5.56 Å². The van der Waals surface area contributed by atoms with E-state index in [4.69, 9.17) is 4.74 Å². The van der Waals surface area contributed by atoms with Gasteiger partial charge in [0.25, 0.3) is 0 Å². The number of benzene rings is 1. The second kappa shape index (κ2) is 3.68. The van der Waals surface area contributed by atoms with Gasteiger partial charge in [-0.2, -0.15) is 0 Å².